The smallest absolute Gasteiger partial charge is 0.269 e. The van der Waals surface area contributed by atoms with Crippen LogP contribution in [0.1, 0.15) is 34.2 Å². The largest absolute Gasteiger partial charge is 0.497 e. The Labute approximate surface area is 210 Å². The van der Waals surface area contributed by atoms with Gasteiger partial charge in [0.2, 0.25) is 0 Å². The molecule has 0 saturated carbocycles. The Bertz CT molecular complexity index is 1520. The van der Waals surface area contributed by atoms with Crippen LogP contribution in [-0.4, -0.2) is 43.9 Å². The van der Waals surface area contributed by atoms with E-state index < -0.39 is 21.4 Å². The Morgan fingerprint density at radius 1 is 1.03 bits per heavy atom. The molecule has 0 aromatic heterocycles. The van der Waals surface area contributed by atoms with Gasteiger partial charge in [-0.1, -0.05) is 36.4 Å². The molecular formula is C27H27N3O5S. The van der Waals surface area contributed by atoms with Gasteiger partial charge in [0.15, 0.2) is 11.5 Å². The van der Waals surface area contributed by atoms with Gasteiger partial charge in [-0.3, -0.25) is 14.2 Å². The van der Waals surface area contributed by atoms with Gasteiger partial charge in [0, 0.05) is 7.05 Å². The van der Waals surface area contributed by atoms with Crippen LogP contribution in [-0.2, 0) is 39.0 Å². The number of amides is 1. The summed E-state index contributed by atoms with van der Waals surface area (Å²) in [5.74, 6) is -0.195. The summed E-state index contributed by atoms with van der Waals surface area (Å²) < 4.78 is 37.7. The Hall–Kier alpha value is -3.69. The third-order valence-corrected chi connectivity index (χ3v) is 7.62. The Balaban J connectivity index is 1.67. The van der Waals surface area contributed by atoms with E-state index in [9.17, 15) is 17.8 Å². The highest BCUT2D eigenvalue weighted by atomic mass is 32.2. The van der Waals surface area contributed by atoms with E-state index in [2.05, 4.69) is 12.1 Å². The number of nitrogens with zero attached hydrogens (tertiary/aromatic N) is 2. The molecule has 1 aliphatic carbocycles. The first-order valence-electron chi connectivity index (χ1n) is 11.6. The SMILES string of the molecule is COc1cc(CS(=O)(=O)O)cc(-c2cccc(C3(c4ccc5c(c4)CCC5)N=C(N)N(C)C3=O)c2)c1. The van der Waals surface area contributed by atoms with E-state index in [0.717, 1.165) is 30.4 Å². The summed E-state index contributed by atoms with van der Waals surface area (Å²) in [6, 6.07) is 18.5. The van der Waals surface area contributed by atoms with E-state index in [1.54, 1.807) is 25.2 Å². The van der Waals surface area contributed by atoms with Crippen LogP contribution >= 0.6 is 0 Å². The minimum Gasteiger partial charge on any atom is -0.497 e. The lowest BCUT2D eigenvalue weighted by Gasteiger charge is -2.27. The van der Waals surface area contributed by atoms with E-state index in [0.29, 0.717) is 22.4 Å². The fourth-order valence-corrected chi connectivity index (χ4v) is 5.73. The number of carbonyl (C=O) groups excluding carboxylic acids is 1. The van der Waals surface area contributed by atoms with Crippen LogP contribution < -0.4 is 10.5 Å². The third-order valence-electron chi connectivity index (χ3n) is 6.92. The fraction of sp³-hybridized carbons (Fsp3) is 0.259. The Morgan fingerprint density at radius 2 is 1.78 bits per heavy atom. The highest BCUT2D eigenvalue weighted by molar-refractivity contribution is 7.85. The van der Waals surface area contributed by atoms with Gasteiger partial charge in [0.1, 0.15) is 11.5 Å². The van der Waals surface area contributed by atoms with Crippen molar-refractivity contribution in [1.82, 2.24) is 4.90 Å². The molecule has 1 amide bonds. The number of guanidine groups is 1. The number of benzene rings is 3. The highest BCUT2D eigenvalue weighted by Gasteiger charge is 2.49. The second-order valence-electron chi connectivity index (χ2n) is 9.26. The number of hydrogen-bond donors (Lipinski definition) is 2. The van der Waals surface area contributed by atoms with Crippen LogP contribution in [0.25, 0.3) is 11.1 Å². The summed E-state index contributed by atoms with van der Waals surface area (Å²) >= 11 is 0. The zero-order valence-electron chi connectivity index (χ0n) is 20.1. The van der Waals surface area contributed by atoms with Crippen molar-refractivity contribution in [3.05, 3.63) is 88.5 Å². The number of carbonyl (C=O) groups is 1. The van der Waals surface area contributed by atoms with Crippen molar-refractivity contribution >= 4 is 22.0 Å². The molecule has 5 rings (SSSR count). The van der Waals surface area contributed by atoms with E-state index in [1.807, 2.05) is 30.3 Å². The molecular weight excluding hydrogens is 478 g/mol. The van der Waals surface area contributed by atoms with Gasteiger partial charge in [0.25, 0.3) is 16.0 Å². The molecule has 1 atom stereocenters. The number of hydrogen-bond acceptors (Lipinski definition) is 6. The van der Waals surface area contributed by atoms with Gasteiger partial charge in [-0.05, 0) is 82.5 Å². The molecule has 3 N–H and O–H groups in total. The van der Waals surface area contributed by atoms with Crippen molar-refractivity contribution in [1.29, 1.82) is 0 Å². The molecule has 0 radical (unpaired) electrons. The van der Waals surface area contributed by atoms with Crippen molar-refractivity contribution in [2.45, 2.75) is 30.6 Å². The lowest BCUT2D eigenvalue weighted by atomic mass is 9.80. The minimum absolute atomic E-state index is 0.141. The van der Waals surface area contributed by atoms with Crippen LogP contribution in [0, 0.1) is 0 Å². The lowest BCUT2D eigenvalue weighted by Crippen LogP contribution is -2.41. The molecule has 0 spiro atoms. The second kappa shape index (κ2) is 8.76. The molecule has 1 unspecified atom stereocenters. The minimum atomic E-state index is -4.23. The number of likely N-dealkylation sites (N-methyl/N-ethyl adjacent to an activating group) is 1. The maximum atomic E-state index is 13.7. The molecule has 2 aliphatic rings. The molecule has 9 heteroatoms. The number of rotatable bonds is 6. The van der Waals surface area contributed by atoms with E-state index in [1.165, 1.54) is 23.1 Å². The molecule has 1 heterocycles. The molecule has 0 bridgehead atoms. The summed E-state index contributed by atoms with van der Waals surface area (Å²) in [4.78, 5) is 19.8. The quantitative estimate of drug-likeness (QED) is 0.496. The number of methoxy groups -OCH3 is 1. The first kappa shape index (κ1) is 24.0. The Kier molecular flexibility index (Phi) is 5.84. The maximum absolute atomic E-state index is 13.7. The van der Waals surface area contributed by atoms with Gasteiger partial charge >= 0.3 is 0 Å². The second-order valence-corrected chi connectivity index (χ2v) is 10.7. The van der Waals surface area contributed by atoms with Crippen molar-refractivity contribution < 1.29 is 22.5 Å². The molecule has 36 heavy (non-hydrogen) atoms. The van der Waals surface area contributed by atoms with Crippen LogP contribution in [0.5, 0.6) is 5.75 Å². The van der Waals surface area contributed by atoms with E-state index in [-0.39, 0.29) is 11.9 Å². The van der Waals surface area contributed by atoms with Crippen LogP contribution in [0.15, 0.2) is 65.7 Å². The topological polar surface area (TPSA) is 122 Å². The first-order chi connectivity index (χ1) is 17.1. The summed E-state index contributed by atoms with van der Waals surface area (Å²) in [5, 5.41) is 0. The van der Waals surface area contributed by atoms with E-state index in [4.69, 9.17) is 15.5 Å². The molecule has 3 aromatic rings. The van der Waals surface area contributed by atoms with Gasteiger partial charge in [-0.2, -0.15) is 8.42 Å². The number of nitrogens with two attached hydrogens (primary N) is 1. The van der Waals surface area contributed by atoms with Crippen molar-refractivity contribution in [3.8, 4) is 16.9 Å². The van der Waals surface area contributed by atoms with Crippen LogP contribution in [0.4, 0.5) is 0 Å². The summed E-state index contributed by atoms with van der Waals surface area (Å²) in [5.41, 5.74) is 10.5. The predicted octanol–water partition coefficient (Wildman–Crippen LogP) is 3.27. The molecule has 1 aliphatic heterocycles. The number of aliphatic imine (C=N–C) groups is 1. The summed E-state index contributed by atoms with van der Waals surface area (Å²) in [6.45, 7) is 0. The standard InChI is InChI=1S/C27H27N3O5S/c1-30-25(31)27(29-26(30)28,23-10-9-18-5-3-6-19(18)13-23)22-8-4-7-20(14-22)21-11-17(16-36(32,33)34)12-24(15-21)35-2/h4,7-15H,3,5-6,16H2,1-2H3,(H2,28,29)(H,32,33,34). The molecule has 0 saturated heterocycles. The number of aryl methyl sites for hydroxylation is 2. The first-order valence-corrected chi connectivity index (χ1v) is 13.2. The maximum Gasteiger partial charge on any atom is 0.269 e. The lowest BCUT2D eigenvalue weighted by molar-refractivity contribution is -0.129. The highest BCUT2D eigenvalue weighted by Crippen LogP contribution is 2.42. The van der Waals surface area contributed by atoms with E-state index >= 15 is 0 Å². The zero-order valence-corrected chi connectivity index (χ0v) is 20.9. The van der Waals surface area contributed by atoms with Gasteiger partial charge in [-0.25, -0.2) is 4.99 Å². The Morgan fingerprint density at radius 3 is 2.47 bits per heavy atom. The number of fused-ring (bicyclic) bond motifs is 1. The van der Waals surface area contributed by atoms with Crippen molar-refractivity contribution in [2.75, 3.05) is 14.2 Å². The van der Waals surface area contributed by atoms with Gasteiger partial charge < -0.3 is 10.5 Å². The fourth-order valence-electron chi connectivity index (χ4n) is 5.14. The normalized spacial score (nSPS) is 19.4. The predicted molar refractivity (Wildman–Crippen MR) is 137 cm³/mol. The molecule has 8 nitrogen and oxygen atoms in total. The monoisotopic (exact) mass is 505 g/mol. The molecule has 0 fully saturated rings. The van der Waals surface area contributed by atoms with Crippen LogP contribution in [0.2, 0.25) is 0 Å². The van der Waals surface area contributed by atoms with Crippen molar-refractivity contribution in [3.63, 3.8) is 0 Å². The average Bonchev–Trinajstić information content (AvgIpc) is 3.41. The number of ether oxygens (including phenoxy) is 1. The summed E-state index contributed by atoms with van der Waals surface area (Å²) in [7, 11) is -1.13. The third kappa shape index (κ3) is 4.14. The summed E-state index contributed by atoms with van der Waals surface area (Å²) in [6.07, 6.45) is 3.07. The molecule has 186 valence electrons. The van der Waals surface area contributed by atoms with Gasteiger partial charge in [0.05, 0.1) is 7.11 Å². The molecule has 3 aromatic carbocycles. The zero-order chi connectivity index (χ0) is 25.7. The van der Waals surface area contributed by atoms with Crippen LogP contribution in [0.3, 0.4) is 0 Å². The van der Waals surface area contributed by atoms with Gasteiger partial charge in [-0.15, -0.1) is 0 Å². The average molecular weight is 506 g/mol. The van der Waals surface area contributed by atoms with Crippen molar-refractivity contribution in [2.24, 2.45) is 10.7 Å².